The maximum Gasteiger partial charge on any atom is 0.421 e. The first-order chi connectivity index (χ1) is 18.4. The number of hydrogen-bond donors (Lipinski definition) is 2. The molecule has 0 bridgehead atoms. The number of amides is 1. The van der Waals surface area contributed by atoms with Crippen LogP contribution in [0.3, 0.4) is 0 Å². The normalized spacial score (nSPS) is 18.6. The Labute approximate surface area is 227 Å². The first kappa shape index (κ1) is 28.7. The minimum Gasteiger partial charge on any atom is -0.376 e. The lowest BCUT2D eigenvalue weighted by Crippen LogP contribution is -2.59. The van der Waals surface area contributed by atoms with Crippen LogP contribution in [0, 0.1) is 0 Å². The molecule has 0 saturated carbocycles. The largest absolute Gasteiger partial charge is 0.421 e. The first-order valence-corrected chi connectivity index (χ1v) is 13.1. The number of rotatable bonds is 8. The van der Waals surface area contributed by atoms with Gasteiger partial charge >= 0.3 is 6.18 Å². The molecule has 2 heterocycles. The van der Waals surface area contributed by atoms with E-state index >= 15 is 0 Å². The number of aromatic nitrogens is 1. The molecule has 0 aliphatic carbocycles. The van der Waals surface area contributed by atoms with E-state index in [9.17, 15) is 23.1 Å². The second kappa shape index (κ2) is 11.9. The van der Waals surface area contributed by atoms with Crippen molar-refractivity contribution in [3.63, 3.8) is 0 Å². The lowest BCUT2D eigenvalue weighted by atomic mass is 9.93. The van der Waals surface area contributed by atoms with Gasteiger partial charge in [-0.3, -0.25) is 19.6 Å². The average molecular weight is 541 g/mol. The number of hydrogen-bond acceptors (Lipinski definition) is 5. The molecule has 1 aliphatic rings. The van der Waals surface area contributed by atoms with Gasteiger partial charge in [0, 0.05) is 51.2 Å². The van der Waals surface area contributed by atoms with Crippen LogP contribution in [-0.2, 0) is 23.5 Å². The van der Waals surface area contributed by atoms with E-state index in [2.05, 4.69) is 20.1 Å². The summed E-state index contributed by atoms with van der Waals surface area (Å²) in [5.41, 5.74) is 0.697. The molecule has 1 aromatic heterocycles. The SMILES string of the molecule is CC(C)NC(=O)[C@H]1CN(Cc2ccncc2)CCN1Cc1ccc(-c2ccc(C(C)(O)C(F)(F)F)cc2)cc1. The van der Waals surface area contributed by atoms with Crippen molar-refractivity contribution in [3.05, 3.63) is 89.7 Å². The minimum atomic E-state index is -4.76. The van der Waals surface area contributed by atoms with Crippen molar-refractivity contribution in [1.29, 1.82) is 0 Å². The molecule has 39 heavy (non-hydrogen) atoms. The molecular formula is C30H35F3N4O2. The van der Waals surface area contributed by atoms with Gasteiger partial charge in [0.05, 0.1) is 0 Å². The molecule has 208 valence electrons. The van der Waals surface area contributed by atoms with E-state index < -0.39 is 11.8 Å². The summed E-state index contributed by atoms with van der Waals surface area (Å²) in [5.74, 6) is 0.0101. The van der Waals surface area contributed by atoms with Crippen LogP contribution in [-0.4, -0.2) is 63.7 Å². The molecule has 2 aromatic carbocycles. The van der Waals surface area contributed by atoms with E-state index in [1.54, 1.807) is 24.5 Å². The number of nitrogens with zero attached hydrogens (tertiary/aromatic N) is 3. The van der Waals surface area contributed by atoms with Crippen LogP contribution in [0.1, 0.15) is 37.5 Å². The van der Waals surface area contributed by atoms with Gasteiger partial charge in [-0.1, -0.05) is 48.5 Å². The highest BCUT2D eigenvalue weighted by molar-refractivity contribution is 5.82. The number of carbonyl (C=O) groups excluding carboxylic acids is 1. The Balaban J connectivity index is 1.45. The number of halogens is 3. The van der Waals surface area contributed by atoms with Crippen molar-refractivity contribution in [3.8, 4) is 11.1 Å². The van der Waals surface area contributed by atoms with Gasteiger partial charge in [-0.25, -0.2) is 0 Å². The molecule has 1 saturated heterocycles. The molecule has 0 radical (unpaired) electrons. The van der Waals surface area contributed by atoms with Crippen LogP contribution in [0.4, 0.5) is 13.2 Å². The van der Waals surface area contributed by atoms with Crippen LogP contribution < -0.4 is 5.32 Å². The van der Waals surface area contributed by atoms with Crippen LogP contribution in [0.25, 0.3) is 11.1 Å². The highest BCUT2D eigenvalue weighted by Crippen LogP contribution is 2.39. The Morgan fingerprint density at radius 1 is 0.949 bits per heavy atom. The zero-order valence-corrected chi connectivity index (χ0v) is 22.4. The Morgan fingerprint density at radius 3 is 2.08 bits per heavy atom. The Hall–Kier alpha value is -3.27. The van der Waals surface area contributed by atoms with Gasteiger partial charge in [-0.15, -0.1) is 0 Å². The third-order valence-electron chi connectivity index (χ3n) is 7.14. The molecule has 1 fully saturated rings. The number of benzene rings is 2. The number of pyridine rings is 1. The van der Waals surface area contributed by atoms with Crippen molar-refractivity contribution in [2.45, 2.75) is 57.7 Å². The second-order valence-corrected chi connectivity index (χ2v) is 10.6. The Bertz CT molecular complexity index is 1230. The molecule has 6 nitrogen and oxygen atoms in total. The summed E-state index contributed by atoms with van der Waals surface area (Å²) in [4.78, 5) is 21.7. The molecule has 1 aliphatic heterocycles. The summed E-state index contributed by atoms with van der Waals surface area (Å²) in [5, 5.41) is 13.0. The molecule has 2 N–H and O–H groups in total. The van der Waals surface area contributed by atoms with Crippen molar-refractivity contribution < 1.29 is 23.1 Å². The van der Waals surface area contributed by atoms with Gasteiger partial charge < -0.3 is 10.4 Å². The topological polar surface area (TPSA) is 68.7 Å². The van der Waals surface area contributed by atoms with Crippen molar-refractivity contribution in [2.75, 3.05) is 19.6 Å². The predicted octanol–water partition coefficient (Wildman–Crippen LogP) is 4.73. The van der Waals surface area contributed by atoms with E-state index in [0.717, 1.165) is 48.8 Å². The number of nitrogens with one attached hydrogen (secondary N) is 1. The first-order valence-electron chi connectivity index (χ1n) is 13.1. The molecule has 1 unspecified atom stereocenters. The fraction of sp³-hybridized carbons (Fsp3) is 0.400. The Kier molecular flexibility index (Phi) is 8.73. The molecule has 3 aromatic rings. The third-order valence-corrected chi connectivity index (χ3v) is 7.14. The van der Waals surface area contributed by atoms with Gasteiger partial charge in [0.2, 0.25) is 5.91 Å². The van der Waals surface area contributed by atoms with Crippen molar-refractivity contribution in [2.24, 2.45) is 0 Å². The standard InChI is InChI=1S/C30H35F3N4O2/c1-21(2)35-28(38)27-20-36(18-23-12-14-34-15-13-23)16-17-37(27)19-22-4-6-24(7-5-22)25-8-10-26(11-9-25)29(3,39)30(31,32)33/h4-15,21,27,39H,16-20H2,1-3H3,(H,35,38)/t27-,29?/m1/s1. The predicted molar refractivity (Wildman–Crippen MR) is 144 cm³/mol. The van der Waals surface area contributed by atoms with Gasteiger partial charge in [0.1, 0.15) is 6.04 Å². The molecule has 1 amide bonds. The minimum absolute atomic E-state index is 0.0101. The molecule has 2 atom stereocenters. The smallest absolute Gasteiger partial charge is 0.376 e. The van der Waals surface area contributed by atoms with Crippen LogP contribution in [0.15, 0.2) is 73.1 Å². The monoisotopic (exact) mass is 540 g/mol. The molecule has 4 rings (SSSR count). The second-order valence-electron chi connectivity index (χ2n) is 10.6. The summed E-state index contributed by atoms with van der Waals surface area (Å²) in [6, 6.07) is 17.3. The van der Waals surface area contributed by atoms with E-state index in [-0.39, 0.29) is 23.6 Å². The summed E-state index contributed by atoms with van der Waals surface area (Å²) in [6.45, 7) is 8.21. The number of piperazine rings is 1. The quantitative estimate of drug-likeness (QED) is 0.433. The lowest BCUT2D eigenvalue weighted by molar-refractivity contribution is -0.258. The molecule has 9 heteroatoms. The van der Waals surface area contributed by atoms with E-state index in [1.807, 2.05) is 50.2 Å². The van der Waals surface area contributed by atoms with Gasteiger partial charge in [0.15, 0.2) is 5.60 Å². The lowest BCUT2D eigenvalue weighted by Gasteiger charge is -2.41. The van der Waals surface area contributed by atoms with Crippen molar-refractivity contribution in [1.82, 2.24) is 20.1 Å². The molecule has 0 spiro atoms. The van der Waals surface area contributed by atoms with E-state index in [1.165, 1.54) is 12.1 Å². The Morgan fingerprint density at radius 2 is 1.51 bits per heavy atom. The van der Waals surface area contributed by atoms with Crippen LogP contribution in [0.5, 0.6) is 0 Å². The van der Waals surface area contributed by atoms with E-state index in [4.69, 9.17) is 0 Å². The van der Waals surface area contributed by atoms with Gasteiger partial charge in [0.25, 0.3) is 0 Å². The fourth-order valence-electron chi connectivity index (χ4n) is 4.77. The zero-order chi connectivity index (χ0) is 28.2. The van der Waals surface area contributed by atoms with Gasteiger partial charge in [-0.2, -0.15) is 13.2 Å². The fourth-order valence-corrected chi connectivity index (χ4v) is 4.77. The highest BCUT2D eigenvalue weighted by atomic mass is 19.4. The van der Waals surface area contributed by atoms with Gasteiger partial charge in [-0.05, 0) is 60.7 Å². The number of carbonyl (C=O) groups is 1. The average Bonchev–Trinajstić information content (AvgIpc) is 2.89. The van der Waals surface area contributed by atoms with E-state index in [0.29, 0.717) is 13.1 Å². The third kappa shape index (κ3) is 7.03. The summed E-state index contributed by atoms with van der Waals surface area (Å²) >= 11 is 0. The maximum atomic E-state index is 13.2. The number of alkyl halides is 3. The summed E-state index contributed by atoms with van der Waals surface area (Å²) in [7, 11) is 0. The summed E-state index contributed by atoms with van der Waals surface area (Å²) < 4.78 is 39.5. The zero-order valence-electron chi connectivity index (χ0n) is 22.4. The van der Waals surface area contributed by atoms with Crippen LogP contribution in [0.2, 0.25) is 0 Å². The summed E-state index contributed by atoms with van der Waals surface area (Å²) in [6.07, 6.45) is -1.21. The van der Waals surface area contributed by atoms with Crippen molar-refractivity contribution >= 4 is 5.91 Å². The molecular weight excluding hydrogens is 505 g/mol. The highest BCUT2D eigenvalue weighted by Gasteiger charge is 2.51. The van der Waals surface area contributed by atoms with Crippen LogP contribution >= 0.6 is 0 Å². The number of aliphatic hydroxyl groups is 1. The maximum absolute atomic E-state index is 13.2.